The summed E-state index contributed by atoms with van der Waals surface area (Å²) in [6, 6.07) is 1.00. The maximum atomic E-state index is 13.0. The van der Waals surface area contributed by atoms with Crippen molar-refractivity contribution in [3.05, 3.63) is 22.3 Å². The van der Waals surface area contributed by atoms with Crippen molar-refractivity contribution in [2.75, 3.05) is 11.9 Å². The summed E-state index contributed by atoms with van der Waals surface area (Å²) < 4.78 is 39.4. The highest BCUT2D eigenvalue weighted by atomic mass is 79.9. The van der Waals surface area contributed by atoms with Gasteiger partial charge in [0.25, 0.3) is 0 Å². The molecule has 0 saturated heterocycles. The van der Waals surface area contributed by atoms with Crippen LogP contribution in [0.15, 0.2) is 16.7 Å². The average Bonchev–Trinajstić information content (AvgIpc) is 2.41. The number of anilines is 1. The van der Waals surface area contributed by atoms with Crippen LogP contribution in [-0.4, -0.2) is 22.2 Å². The smallest absolute Gasteiger partial charge is 0.394 e. The first-order valence-corrected chi connectivity index (χ1v) is 7.27. The summed E-state index contributed by atoms with van der Waals surface area (Å²) in [7, 11) is 0. The molecular weight excluding hydrogens is 337 g/mol. The van der Waals surface area contributed by atoms with E-state index in [1.807, 2.05) is 0 Å². The molecule has 1 aromatic heterocycles. The van der Waals surface area contributed by atoms with Crippen LogP contribution in [0.3, 0.4) is 0 Å². The van der Waals surface area contributed by atoms with E-state index in [-0.39, 0.29) is 16.9 Å². The summed E-state index contributed by atoms with van der Waals surface area (Å²) in [5.74, 6) is -0.211. The second-order valence-corrected chi connectivity index (χ2v) is 6.09. The average molecular weight is 353 g/mol. The molecular formula is C13H16BrF3N2O. The SMILES string of the molecule is OCC1(Nc2ncc(Br)cc2C(F)(F)F)CCCCC1. The van der Waals surface area contributed by atoms with E-state index < -0.39 is 17.3 Å². The Bertz CT molecular complexity index is 473. The Morgan fingerprint density at radius 3 is 2.50 bits per heavy atom. The maximum absolute atomic E-state index is 13.0. The molecule has 3 nitrogen and oxygen atoms in total. The van der Waals surface area contributed by atoms with Gasteiger partial charge in [-0.05, 0) is 34.8 Å². The standard InChI is InChI=1S/C13H16BrF3N2O/c14-9-6-10(13(15,16)17)11(18-7-9)19-12(8-20)4-2-1-3-5-12/h6-7,20H,1-5,8H2,(H,18,19). The van der Waals surface area contributed by atoms with Crippen LogP contribution in [0.4, 0.5) is 19.0 Å². The van der Waals surface area contributed by atoms with Gasteiger partial charge >= 0.3 is 6.18 Å². The monoisotopic (exact) mass is 352 g/mol. The van der Waals surface area contributed by atoms with Crippen LogP contribution in [0.5, 0.6) is 0 Å². The molecule has 1 heterocycles. The number of hydrogen-bond donors (Lipinski definition) is 2. The molecule has 7 heteroatoms. The molecule has 0 amide bonds. The van der Waals surface area contributed by atoms with Crippen LogP contribution in [0, 0.1) is 0 Å². The lowest BCUT2D eigenvalue weighted by Crippen LogP contribution is -2.44. The maximum Gasteiger partial charge on any atom is 0.419 e. The Balaban J connectivity index is 2.32. The van der Waals surface area contributed by atoms with E-state index in [4.69, 9.17) is 0 Å². The van der Waals surface area contributed by atoms with Gasteiger partial charge in [0.2, 0.25) is 0 Å². The van der Waals surface area contributed by atoms with Crippen molar-refractivity contribution in [1.82, 2.24) is 4.98 Å². The van der Waals surface area contributed by atoms with Gasteiger partial charge in [-0.3, -0.25) is 0 Å². The molecule has 2 rings (SSSR count). The number of pyridine rings is 1. The first-order chi connectivity index (χ1) is 9.36. The van der Waals surface area contributed by atoms with Gasteiger partial charge in [-0.2, -0.15) is 13.2 Å². The topological polar surface area (TPSA) is 45.1 Å². The quantitative estimate of drug-likeness (QED) is 0.864. The molecule has 1 aromatic rings. The van der Waals surface area contributed by atoms with Crippen molar-refractivity contribution >= 4 is 21.7 Å². The Morgan fingerprint density at radius 2 is 1.95 bits per heavy atom. The van der Waals surface area contributed by atoms with E-state index >= 15 is 0 Å². The van der Waals surface area contributed by atoms with E-state index in [0.717, 1.165) is 25.3 Å². The van der Waals surface area contributed by atoms with Gasteiger partial charge in [0.15, 0.2) is 0 Å². The number of nitrogens with one attached hydrogen (secondary N) is 1. The Morgan fingerprint density at radius 1 is 1.30 bits per heavy atom. The zero-order valence-corrected chi connectivity index (χ0v) is 12.4. The highest BCUT2D eigenvalue weighted by Gasteiger charge is 2.38. The third-order valence-corrected chi connectivity index (χ3v) is 4.09. The normalized spacial score (nSPS) is 18.9. The summed E-state index contributed by atoms with van der Waals surface area (Å²) in [6.45, 7) is -0.192. The number of alkyl halides is 3. The van der Waals surface area contributed by atoms with Crippen LogP contribution in [0.25, 0.3) is 0 Å². The molecule has 1 saturated carbocycles. The summed E-state index contributed by atoms with van der Waals surface area (Å²) in [5, 5.41) is 12.4. The molecule has 0 unspecified atom stereocenters. The largest absolute Gasteiger partial charge is 0.419 e. The van der Waals surface area contributed by atoms with Crippen LogP contribution >= 0.6 is 15.9 Å². The summed E-state index contributed by atoms with van der Waals surface area (Å²) >= 11 is 3.00. The molecule has 1 fully saturated rings. The number of nitrogens with zero attached hydrogens (tertiary/aromatic N) is 1. The number of halogens is 4. The minimum atomic E-state index is -4.48. The van der Waals surface area contributed by atoms with Crippen LogP contribution < -0.4 is 5.32 Å². The van der Waals surface area contributed by atoms with Gasteiger partial charge in [-0.15, -0.1) is 0 Å². The zero-order valence-electron chi connectivity index (χ0n) is 10.8. The fourth-order valence-electron chi connectivity index (χ4n) is 2.56. The number of aliphatic hydroxyl groups excluding tert-OH is 1. The number of rotatable bonds is 3. The molecule has 0 aromatic carbocycles. The minimum Gasteiger partial charge on any atom is -0.394 e. The zero-order chi connectivity index (χ0) is 14.8. The van der Waals surface area contributed by atoms with E-state index in [2.05, 4.69) is 26.2 Å². The van der Waals surface area contributed by atoms with Crippen molar-refractivity contribution < 1.29 is 18.3 Å². The van der Waals surface area contributed by atoms with E-state index in [1.165, 1.54) is 6.20 Å². The Hall–Kier alpha value is -0.820. The highest BCUT2D eigenvalue weighted by molar-refractivity contribution is 9.10. The third kappa shape index (κ3) is 3.44. The van der Waals surface area contributed by atoms with Crippen LogP contribution in [0.1, 0.15) is 37.7 Å². The molecule has 0 aliphatic heterocycles. The lowest BCUT2D eigenvalue weighted by molar-refractivity contribution is -0.137. The van der Waals surface area contributed by atoms with Crippen molar-refractivity contribution in [3.63, 3.8) is 0 Å². The molecule has 1 aliphatic rings. The molecule has 0 bridgehead atoms. The van der Waals surface area contributed by atoms with Crippen molar-refractivity contribution in [1.29, 1.82) is 0 Å². The fourth-order valence-corrected chi connectivity index (χ4v) is 2.89. The van der Waals surface area contributed by atoms with E-state index in [1.54, 1.807) is 0 Å². The number of aliphatic hydroxyl groups is 1. The minimum absolute atomic E-state index is 0.192. The molecule has 1 aliphatic carbocycles. The summed E-state index contributed by atoms with van der Waals surface area (Å²) in [5.41, 5.74) is -1.51. The fraction of sp³-hybridized carbons (Fsp3) is 0.615. The lowest BCUT2D eigenvalue weighted by Gasteiger charge is -2.37. The number of hydrogen-bond acceptors (Lipinski definition) is 3. The van der Waals surface area contributed by atoms with Crippen molar-refractivity contribution in [3.8, 4) is 0 Å². The van der Waals surface area contributed by atoms with Crippen LogP contribution in [-0.2, 0) is 6.18 Å². The predicted octanol–water partition coefficient (Wildman–Crippen LogP) is 3.97. The molecule has 112 valence electrons. The van der Waals surface area contributed by atoms with Crippen molar-refractivity contribution in [2.24, 2.45) is 0 Å². The van der Waals surface area contributed by atoms with Gasteiger partial charge in [-0.1, -0.05) is 19.3 Å². The van der Waals surface area contributed by atoms with E-state index in [0.29, 0.717) is 12.8 Å². The van der Waals surface area contributed by atoms with Gasteiger partial charge < -0.3 is 10.4 Å². The molecule has 0 radical (unpaired) electrons. The van der Waals surface area contributed by atoms with Gasteiger partial charge in [0.1, 0.15) is 5.82 Å². The molecule has 0 spiro atoms. The summed E-state index contributed by atoms with van der Waals surface area (Å²) in [4.78, 5) is 3.84. The van der Waals surface area contributed by atoms with Crippen molar-refractivity contribution in [2.45, 2.75) is 43.8 Å². The third-order valence-electron chi connectivity index (χ3n) is 3.66. The number of aromatic nitrogens is 1. The lowest BCUT2D eigenvalue weighted by atomic mass is 9.82. The summed E-state index contributed by atoms with van der Waals surface area (Å²) in [6.07, 6.45) is 0.979. The van der Waals surface area contributed by atoms with E-state index in [9.17, 15) is 18.3 Å². The van der Waals surface area contributed by atoms with Gasteiger partial charge in [-0.25, -0.2) is 4.98 Å². The first kappa shape index (κ1) is 15.6. The van der Waals surface area contributed by atoms with Gasteiger partial charge in [0, 0.05) is 10.7 Å². The second kappa shape index (κ2) is 5.89. The molecule has 0 atom stereocenters. The highest BCUT2D eigenvalue weighted by Crippen LogP contribution is 2.38. The van der Waals surface area contributed by atoms with Gasteiger partial charge in [0.05, 0.1) is 17.7 Å². The van der Waals surface area contributed by atoms with Crippen LogP contribution in [0.2, 0.25) is 0 Å². The Kier molecular flexibility index (Phi) is 4.59. The molecule has 2 N–H and O–H groups in total. The first-order valence-electron chi connectivity index (χ1n) is 6.48. The Labute approximate surface area is 123 Å². The predicted molar refractivity (Wildman–Crippen MR) is 73.5 cm³/mol. The second-order valence-electron chi connectivity index (χ2n) is 5.17. The molecule has 20 heavy (non-hydrogen) atoms.